The number of halogens is 1. The maximum Gasteiger partial charge on any atom is 0.352 e. The van der Waals surface area contributed by atoms with Crippen LogP contribution in [0.2, 0.25) is 5.02 Å². The zero-order valence-corrected chi connectivity index (χ0v) is 23.3. The average Bonchev–Trinajstić information content (AvgIpc) is 3.28. The van der Waals surface area contributed by atoms with Crippen LogP contribution in [0.25, 0.3) is 5.65 Å². The molecule has 0 radical (unpaired) electrons. The number of rotatable bonds is 11. The molecule has 1 amide bonds. The molecule has 0 aliphatic carbocycles. The molecular weight excluding hydrogens is 520 g/mol. The summed E-state index contributed by atoms with van der Waals surface area (Å²) in [6.45, 7) is 4.97. The summed E-state index contributed by atoms with van der Waals surface area (Å²) in [7, 11) is 3.00. The predicted molar refractivity (Wildman–Crippen MR) is 150 cm³/mol. The van der Waals surface area contributed by atoms with Gasteiger partial charge in [-0.3, -0.25) is 9.36 Å². The van der Waals surface area contributed by atoms with Gasteiger partial charge in [-0.15, -0.1) is 5.10 Å². The Morgan fingerprint density at radius 2 is 1.77 bits per heavy atom. The van der Waals surface area contributed by atoms with Crippen LogP contribution in [0.3, 0.4) is 0 Å². The van der Waals surface area contributed by atoms with Crippen LogP contribution in [0.4, 0.5) is 0 Å². The fourth-order valence-electron chi connectivity index (χ4n) is 4.58. The van der Waals surface area contributed by atoms with Gasteiger partial charge in [-0.2, -0.15) is 4.52 Å². The van der Waals surface area contributed by atoms with E-state index >= 15 is 0 Å². The molecule has 0 aliphatic heterocycles. The number of aromatic nitrogens is 4. The van der Waals surface area contributed by atoms with Crippen LogP contribution in [0.5, 0.6) is 11.6 Å². The Balaban J connectivity index is 1.93. The van der Waals surface area contributed by atoms with E-state index in [1.807, 2.05) is 44.2 Å². The molecule has 11 heteroatoms. The van der Waals surface area contributed by atoms with Gasteiger partial charge < -0.3 is 20.1 Å². The Bertz CT molecular complexity index is 1480. The lowest BCUT2D eigenvalue weighted by Crippen LogP contribution is -2.43. The van der Waals surface area contributed by atoms with Gasteiger partial charge in [0, 0.05) is 12.1 Å². The van der Waals surface area contributed by atoms with Crippen LogP contribution < -0.4 is 20.9 Å². The quantitative estimate of drug-likeness (QED) is 0.301. The first-order chi connectivity index (χ1) is 18.8. The molecule has 0 aliphatic rings. The average molecular weight is 553 g/mol. The van der Waals surface area contributed by atoms with Crippen LogP contribution in [0.15, 0.2) is 59.4 Å². The molecule has 0 bridgehead atoms. The van der Waals surface area contributed by atoms with Crippen LogP contribution in [-0.4, -0.2) is 57.3 Å². The number of ether oxygens (including phenoxy) is 2. The second-order valence-electron chi connectivity index (χ2n) is 9.44. The summed E-state index contributed by atoms with van der Waals surface area (Å²) in [4.78, 5) is 34.4. The van der Waals surface area contributed by atoms with Crippen molar-refractivity contribution in [3.63, 3.8) is 0 Å². The van der Waals surface area contributed by atoms with Crippen LogP contribution in [0, 0.1) is 5.92 Å². The largest absolute Gasteiger partial charge is 0.497 e. The Kier molecular flexibility index (Phi) is 8.88. The minimum atomic E-state index is -0.579. The van der Waals surface area contributed by atoms with Gasteiger partial charge in [-0.05, 0) is 48.7 Å². The molecule has 2 aromatic heterocycles. The summed E-state index contributed by atoms with van der Waals surface area (Å²) in [5, 5.41) is 4.35. The number of nitrogens with zero attached hydrogens (tertiary/aromatic N) is 5. The second-order valence-corrected chi connectivity index (χ2v) is 9.82. The summed E-state index contributed by atoms with van der Waals surface area (Å²) >= 11 is 6.52. The van der Waals surface area contributed by atoms with E-state index in [2.05, 4.69) is 5.10 Å². The summed E-state index contributed by atoms with van der Waals surface area (Å²) in [6.07, 6.45) is 0.567. The van der Waals surface area contributed by atoms with E-state index in [0.717, 1.165) is 10.1 Å². The Hall–Kier alpha value is -3.89. The number of carbonyl (C=O) groups excluding carboxylic acids is 1. The molecule has 0 spiro atoms. The smallest absolute Gasteiger partial charge is 0.352 e. The summed E-state index contributed by atoms with van der Waals surface area (Å²) in [5.74, 6) is 0.815. The second kappa shape index (κ2) is 12.3. The number of fused-ring (bicyclic) bond motifs is 1. The molecule has 2 heterocycles. The molecule has 0 fully saturated rings. The van der Waals surface area contributed by atoms with E-state index in [1.54, 1.807) is 40.8 Å². The Morgan fingerprint density at radius 1 is 1.08 bits per heavy atom. The van der Waals surface area contributed by atoms with Crippen molar-refractivity contribution in [2.45, 2.75) is 32.9 Å². The molecule has 10 nitrogen and oxygen atoms in total. The lowest BCUT2D eigenvalue weighted by Gasteiger charge is -2.35. The van der Waals surface area contributed by atoms with E-state index in [9.17, 15) is 9.59 Å². The minimum Gasteiger partial charge on any atom is -0.497 e. The number of carbonyl (C=O) groups is 1. The molecule has 39 heavy (non-hydrogen) atoms. The first-order valence-corrected chi connectivity index (χ1v) is 13.1. The van der Waals surface area contributed by atoms with E-state index in [1.165, 1.54) is 7.11 Å². The van der Waals surface area contributed by atoms with Gasteiger partial charge in [0.15, 0.2) is 5.65 Å². The summed E-state index contributed by atoms with van der Waals surface area (Å²) in [5.41, 5.74) is 6.98. The van der Waals surface area contributed by atoms with Gasteiger partial charge in [0.1, 0.15) is 16.6 Å². The van der Waals surface area contributed by atoms with Gasteiger partial charge in [-0.1, -0.05) is 55.8 Å². The molecule has 4 rings (SSSR count). The Morgan fingerprint density at radius 3 is 2.36 bits per heavy atom. The fraction of sp³-hybridized carbons (Fsp3) is 0.357. The third kappa shape index (κ3) is 5.76. The Labute approximate surface area is 231 Å². The predicted octanol–water partition coefficient (Wildman–Crippen LogP) is 3.80. The highest BCUT2D eigenvalue weighted by molar-refractivity contribution is 6.34. The first kappa shape index (κ1) is 28.1. The number of amides is 1. The van der Waals surface area contributed by atoms with Crippen LogP contribution >= 0.6 is 11.6 Å². The molecule has 0 saturated heterocycles. The van der Waals surface area contributed by atoms with E-state index in [-0.39, 0.29) is 34.9 Å². The van der Waals surface area contributed by atoms with Gasteiger partial charge in [-0.25, -0.2) is 9.78 Å². The minimum absolute atomic E-state index is 0.0973. The lowest BCUT2D eigenvalue weighted by molar-refractivity contribution is 0.0601. The molecule has 0 saturated carbocycles. The number of benzene rings is 2. The summed E-state index contributed by atoms with van der Waals surface area (Å²) in [6, 6.07) is 15.9. The molecule has 4 aromatic rings. The standard InChI is InChI=1S/C28H33ClN6O4/c1-18(2)23(33(16-8-15-30)27(36)20-11-13-21(38-3)14-12-20)25-31-24-22(29)26(39-4)32-35(24)28(37)34(25)17-19-9-6-5-7-10-19/h5-7,9-14,18,23H,8,15-17,30H2,1-4H3/t23-/m0/s1. The molecule has 1 atom stereocenters. The number of methoxy groups -OCH3 is 2. The third-order valence-electron chi connectivity index (χ3n) is 6.49. The monoisotopic (exact) mass is 552 g/mol. The highest BCUT2D eigenvalue weighted by Crippen LogP contribution is 2.32. The van der Waals surface area contributed by atoms with Crippen molar-refractivity contribution in [2.75, 3.05) is 27.3 Å². The number of hydrogen-bond donors (Lipinski definition) is 1. The SMILES string of the molecule is COc1ccc(C(=O)N(CCCN)[C@H](c2nc3c(Cl)c(OC)nn3c(=O)n2Cc2ccccc2)C(C)C)cc1. The topological polar surface area (TPSA) is 117 Å². The van der Waals surface area contributed by atoms with Gasteiger partial charge in [0.05, 0.1) is 26.8 Å². The van der Waals surface area contributed by atoms with Crippen LogP contribution in [0.1, 0.15) is 48.1 Å². The molecule has 2 aromatic carbocycles. The maximum atomic E-state index is 14.0. The van der Waals surface area contributed by atoms with Crippen LogP contribution in [-0.2, 0) is 6.54 Å². The van der Waals surface area contributed by atoms with Crippen molar-refractivity contribution in [1.82, 2.24) is 24.1 Å². The molecule has 2 N–H and O–H groups in total. The summed E-state index contributed by atoms with van der Waals surface area (Å²) < 4.78 is 13.2. The zero-order chi connectivity index (χ0) is 28.1. The molecule has 0 unspecified atom stereocenters. The zero-order valence-electron chi connectivity index (χ0n) is 22.5. The molecule has 206 valence electrons. The van der Waals surface area contributed by atoms with Gasteiger partial charge in [0.2, 0.25) is 0 Å². The van der Waals surface area contributed by atoms with Gasteiger partial charge >= 0.3 is 5.69 Å². The van der Waals surface area contributed by atoms with E-state index < -0.39 is 11.7 Å². The highest BCUT2D eigenvalue weighted by Gasteiger charge is 2.33. The maximum absolute atomic E-state index is 14.0. The first-order valence-electron chi connectivity index (χ1n) is 12.7. The van der Waals surface area contributed by atoms with Crippen molar-refractivity contribution >= 4 is 23.2 Å². The fourth-order valence-corrected chi connectivity index (χ4v) is 4.82. The van der Waals surface area contributed by atoms with Crippen molar-refractivity contribution in [3.05, 3.63) is 87.1 Å². The number of nitrogens with two attached hydrogens (primary N) is 1. The highest BCUT2D eigenvalue weighted by atomic mass is 35.5. The number of hydrogen-bond acceptors (Lipinski definition) is 7. The normalized spacial score (nSPS) is 12.1. The van der Waals surface area contributed by atoms with Gasteiger partial charge in [0.25, 0.3) is 11.8 Å². The lowest BCUT2D eigenvalue weighted by atomic mass is 9.99. The molecular formula is C28H33ClN6O4. The van der Waals surface area contributed by atoms with E-state index in [0.29, 0.717) is 36.6 Å². The third-order valence-corrected chi connectivity index (χ3v) is 6.82. The van der Waals surface area contributed by atoms with Crippen molar-refractivity contribution in [3.8, 4) is 11.6 Å². The van der Waals surface area contributed by atoms with Crippen molar-refractivity contribution in [2.24, 2.45) is 11.7 Å². The van der Waals surface area contributed by atoms with Crippen molar-refractivity contribution in [1.29, 1.82) is 0 Å². The van der Waals surface area contributed by atoms with E-state index in [4.69, 9.17) is 31.8 Å². The van der Waals surface area contributed by atoms with Crippen molar-refractivity contribution < 1.29 is 14.3 Å².